The van der Waals surface area contributed by atoms with Crippen molar-refractivity contribution in [2.45, 2.75) is 26.9 Å². The Balaban J connectivity index is 1.94. The Kier molecular flexibility index (Phi) is 3.81. The van der Waals surface area contributed by atoms with Crippen LogP contribution in [0.4, 0.5) is 0 Å². The molecule has 1 N–H and O–H groups in total. The summed E-state index contributed by atoms with van der Waals surface area (Å²) in [5.41, 5.74) is 3.10. The molecule has 4 nitrogen and oxygen atoms in total. The van der Waals surface area contributed by atoms with Gasteiger partial charge in [0.15, 0.2) is 0 Å². The molecule has 0 amide bonds. The van der Waals surface area contributed by atoms with Gasteiger partial charge in [0.05, 0.1) is 5.69 Å². The van der Waals surface area contributed by atoms with Crippen LogP contribution in [0.1, 0.15) is 22.0 Å². The van der Waals surface area contributed by atoms with Gasteiger partial charge >= 0.3 is 0 Å². The van der Waals surface area contributed by atoms with E-state index in [4.69, 9.17) is 11.6 Å². The third kappa shape index (κ3) is 2.86. The lowest BCUT2D eigenvalue weighted by molar-refractivity contribution is 0.686. The molecule has 2 aromatic heterocycles. The zero-order chi connectivity index (χ0) is 12.4. The van der Waals surface area contributed by atoms with Crippen molar-refractivity contribution in [3.8, 4) is 0 Å². The van der Waals surface area contributed by atoms with Crippen molar-refractivity contribution in [1.82, 2.24) is 20.1 Å². The van der Waals surface area contributed by atoms with Crippen LogP contribution < -0.4 is 5.32 Å². The van der Waals surface area contributed by atoms with Gasteiger partial charge in [-0.1, -0.05) is 11.6 Å². The maximum absolute atomic E-state index is 6.15. The maximum Gasteiger partial charge on any atom is 0.131 e. The molecule has 0 bridgehead atoms. The highest BCUT2D eigenvalue weighted by molar-refractivity contribution is 7.09. The minimum absolute atomic E-state index is 0.699. The van der Waals surface area contributed by atoms with Gasteiger partial charge in [-0.15, -0.1) is 11.3 Å². The minimum Gasteiger partial charge on any atom is -0.306 e. The number of hydrogen-bond acceptors (Lipinski definition) is 4. The highest BCUT2D eigenvalue weighted by Gasteiger charge is 2.10. The fourth-order valence-electron chi connectivity index (χ4n) is 1.65. The first kappa shape index (κ1) is 12.5. The van der Waals surface area contributed by atoms with Gasteiger partial charge in [0.25, 0.3) is 0 Å². The quantitative estimate of drug-likeness (QED) is 0.928. The van der Waals surface area contributed by atoms with E-state index in [0.717, 1.165) is 35.0 Å². The van der Waals surface area contributed by atoms with Crippen molar-refractivity contribution in [2.75, 3.05) is 0 Å². The van der Waals surface area contributed by atoms with E-state index in [1.165, 1.54) is 0 Å². The number of thiazole rings is 1. The lowest BCUT2D eigenvalue weighted by atomic mass is 10.2. The average Bonchev–Trinajstić information content (AvgIpc) is 2.78. The van der Waals surface area contributed by atoms with Crippen LogP contribution in [0.15, 0.2) is 5.38 Å². The van der Waals surface area contributed by atoms with Crippen molar-refractivity contribution in [3.63, 3.8) is 0 Å². The normalized spacial score (nSPS) is 11.1. The fourth-order valence-corrected chi connectivity index (χ4v) is 2.64. The molecule has 2 aromatic rings. The molecule has 0 fully saturated rings. The number of rotatable bonds is 4. The molecule has 92 valence electrons. The summed E-state index contributed by atoms with van der Waals surface area (Å²) in [5.74, 6) is 0. The first-order valence-electron chi connectivity index (χ1n) is 5.37. The molecule has 6 heteroatoms. The Morgan fingerprint density at radius 2 is 2.18 bits per heavy atom. The summed E-state index contributed by atoms with van der Waals surface area (Å²) in [4.78, 5) is 4.39. The third-order valence-electron chi connectivity index (χ3n) is 2.51. The van der Waals surface area contributed by atoms with Crippen LogP contribution in [0.5, 0.6) is 0 Å². The van der Waals surface area contributed by atoms with Gasteiger partial charge in [0, 0.05) is 36.8 Å². The molecule has 17 heavy (non-hydrogen) atoms. The predicted octanol–water partition coefficient (Wildman–Crippen LogP) is 2.44. The van der Waals surface area contributed by atoms with Crippen molar-refractivity contribution in [3.05, 3.63) is 32.5 Å². The summed E-state index contributed by atoms with van der Waals surface area (Å²) in [6.45, 7) is 5.46. The molecule has 0 aliphatic heterocycles. The molecule has 2 rings (SSSR count). The first-order chi connectivity index (χ1) is 8.08. The molecule has 0 unspecified atom stereocenters. The third-order valence-corrected chi connectivity index (χ3v) is 3.95. The Bertz CT molecular complexity index is 518. The van der Waals surface area contributed by atoms with Gasteiger partial charge in [-0.25, -0.2) is 4.98 Å². The molecule has 2 heterocycles. The van der Waals surface area contributed by atoms with Crippen LogP contribution in [0, 0.1) is 13.8 Å². The predicted molar refractivity (Wildman–Crippen MR) is 70.3 cm³/mol. The number of nitrogens with one attached hydrogen (secondary N) is 1. The molecular weight excluding hydrogens is 256 g/mol. The number of halogens is 1. The minimum atomic E-state index is 0.699. The Morgan fingerprint density at radius 1 is 1.41 bits per heavy atom. The van der Waals surface area contributed by atoms with Gasteiger partial charge in [-0.3, -0.25) is 4.68 Å². The second-order valence-electron chi connectivity index (χ2n) is 3.96. The van der Waals surface area contributed by atoms with Crippen molar-refractivity contribution >= 4 is 22.9 Å². The van der Waals surface area contributed by atoms with Crippen LogP contribution in [0.3, 0.4) is 0 Å². The molecule has 0 atom stereocenters. The Morgan fingerprint density at radius 3 is 2.71 bits per heavy atom. The summed E-state index contributed by atoms with van der Waals surface area (Å²) in [6.07, 6.45) is 0. The number of aryl methyl sites for hydroxylation is 3. The molecule has 0 saturated heterocycles. The number of nitrogens with zero attached hydrogens (tertiary/aromatic N) is 3. The molecule has 0 spiro atoms. The smallest absolute Gasteiger partial charge is 0.131 e. The zero-order valence-corrected chi connectivity index (χ0v) is 11.7. The summed E-state index contributed by atoms with van der Waals surface area (Å²) < 4.78 is 1.70. The van der Waals surface area contributed by atoms with Crippen LogP contribution >= 0.6 is 22.9 Å². The Hall–Kier alpha value is -0.910. The van der Waals surface area contributed by atoms with E-state index in [-0.39, 0.29) is 0 Å². The largest absolute Gasteiger partial charge is 0.306 e. The topological polar surface area (TPSA) is 42.7 Å². The van der Waals surface area contributed by atoms with E-state index in [2.05, 4.69) is 20.8 Å². The summed E-state index contributed by atoms with van der Waals surface area (Å²) in [5, 5.41) is 11.5. The van der Waals surface area contributed by atoms with Gasteiger partial charge in [-0.2, -0.15) is 5.10 Å². The molecule has 0 aromatic carbocycles. The lowest BCUT2D eigenvalue weighted by Gasteiger charge is -2.02. The fraction of sp³-hybridized carbons (Fsp3) is 0.455. The van der Waals surface area contributed by atoms with Gasteiger partial charge in [-0.05, 0) is 13.8 Å². The molecule has 0 aliphatic rings. The van der Waals surface area contributed by atoms with Crippen LogP contribution in [0.25, 0.3) is 0 Å². The van der Waals surface area contributed by atoms with Gasteiger partial charge < -0.3 is 5.32 Å². The second-order valence-corrected chi connectivity index (χ2v) is 5.27. The summed E-state index contributed by atoms with van der Waals surface area (Å²) in [6, 6.07) is 0. The molecular formula is C11H15ClN4S. The molecule has 0 radical (unpaired) electrons. The highest BCUT2D eigenvalue weighted by Crippen LogP contribution is 2.18. The summed E-state index contributed by atoms with van der Waals surface area (Å²) >= 11 is 7.82. The Labute approximate surface area is 110 Å². The number of aromatic nitrogens is 3. The standard InChI is InChI=1S/C11H15ClN4S/c1-7-6-17-10(14-7)5-13-4-9-8(2)15-16(3)11(9)12/h6,13H,4-5H2,1-3H3. The van der Waals surface area contributed by atoms with E-state index in [0.29, 0.717) is 5.15 Å². The molecule has 0 saturated carbocycles. The lowest BCUT2D eigenvalue weighted by Crippen LogP contribution is -2.13. The van der Waals surface area contributed by atoms with E-state index < -0.39 is 0 Å². The SMILES string of the molecule is Cc1csc(CNCc2c(C)nn(C)c2Cl)n1. The molecule has 0 aliphatic carbocycles. The van der Waals surface area contributed by atoms with E-state index in [1.807, 2.05) is 20.9 Å². The van der Waals surface area contributed by atoms with Crippen LogP contribution in [-0.4, -0.2) is 14.8 Å². The van der Waals surface area contributed by atoms with Gasteiger partial charge in [0.2, 0.25) is 0 Å². The van der Waals surface area contributed by atoms with E-state index >= 15 is 0 Å². The maximum atomic E-state index is 6.15. The summed E-state index contributed by atoms with van der Waals surface area (Å²) in [7, 11) is 1.85. The monoisotopic (exact) mass is 270 g/mol. The van der Waals surface area contributed by atoms with E-state index in [9.17, 15) is 0 Å². The first-order valence-corrected chi connectivity index (χ1v) is 6.63. The van der Waals surface area contributed by atoms with Crippen LogP contribution in [-0.2, 0) is 20.1 Å². The number of hydrogen-bond donors (Lipinski definition) is 1. The second kappa shape index (κ2) is 5.16. The van der Waals surface area contributed by atoms with Crippen molar-refractivity contribution < 1.29 is 0 Å². The van der Waals surface area contributed by atoms with Crippen LogP contribution in [0.2, 0.25) is 5.15 Å². The van der Waals surface area contributed by atoms with Gasteiger partial charge in [0.1, 0.15) is 10.2 Å². The van der Waals surface area contributed by atoms with E-state index in [1.54, 1.807) is 16.0 Å². The van der Waals surface area contributed by atoms with Crippen molar-refractivity contribution in [1.29, 1.82) is 0 Å². The zero-order valence-electron chi connectivity index (χ0n) is 10.1. The average molecular weight is 271 g/mol. The van der Waals surface area contributed by atoms with Crippen molar-refractivity contribution in [2.24, 2.45) is 7.05 Å². The highest BCUT2D eigenvalue weighted by atomic mass is 35.5.